The van der Waals surface area contributed by atoms with Gasteiger partial charge in [-0.05, 0) is 24.1 Å². The summed E-state index contributed by atoms with van der Waals surface area (Å²) < 4.78 is 29.1. The van der Waals surface area contributed by atoms with Gasteiger partial charge >= 0.3 is 5.97 Å². The van der Waals surface area contributed by atoms with Crippen LogP contribution in [0.1, 0.15) is 22.5 Å². The van der Waals surface area contributed by atoms with E-state index >= 15 is 0 Å². The van der Waals surface area contributed by atoms with Crippen LogP contribution in [0.25, 0.3) is 0 Å². The lowest BCUT2D eigenvalue weighted by molar-refractivity contribution is -0.122. The number of amides is 1. The molecule has 1 aromatic heterocycles. The fraction of sp³-hybridized carbons (Fsp3) is 0.261. The van der Waals surface area contributed by atoms with Crippen molar-refractivity contribution in [2.45, 2.75) is 19.0 Å². The average Bonchev–Trinajstić information content (AvgIpc) is 3.44. The van der Waals surface area contributed by atoms with Gasteiger partial charge in [-0.3, -0.25) is 4.79 Å². The first-order valence-corrected chi connectivity index (χ1v) is 13.1. The summed E-state index contributed by atoms with van der Waals surface area (Å²) >= 11 is 1.27. The van der Waals surface area contributed by atoms with Crippen molar-refractivity contribution in [3.63, 3.8) is 0 Å². The third kappa shape index (κ3) is 5.96. The Labute approximate surface area is 196 Å². The van der Waals surface area contributed by atoms with E-state index < -0.39 is 34.4 Å². The molecule has 0 aliphatic carbocycles. The number of thiazole rings is 1. The van der Waals surface area contributed by atoms with E-state index in [0.29, 0.717) is 23.8 Å². The Hall–Kier alpha value is -3.24. The highest BCUT2D eigenvalue weighted by Gasteiger charge is 2.35. The lowest BCUT2D eigenvalue weighted by Gasteiger charge is -2.28. The Morgan fingerprint density at radius 1 is 1.09 bits per heavy atom. The van der Waals surface area contributed by atoms with Gasteiger partial charge in [-0.1, -0.05) is 48.5 Å². The number of esters is 1. The number of hydrogen-bond donors (Lipinski definition) is 1. The molecule has 1 amide bonds. The Morgan fingerprint density at radius 2 is 1.79 bits per heavy atom. The highest BCUT2D eigenvalue weighted by atomic mass is 32.2. The second-order valence-corrected chi connectivity index (χ2v) is 10.7. The van der Waals surface area contributed by atoms with Crippen molar-refractivity contribution >= 4 is 43.9 Å². The molecule has 1 fully saturated rings. The van der Waals surface area contributed by atoms with Crippen LogP contribution in [0.5, 0.6) is 0 Å². The van der Waals surface area contributed by atoms with Crippen LogP contribution < -0.4 is 10.2 Å². The second-order valence-electron chi connectivity index (χ2n) is 7.61. The molecule has 10 heteroatoms. The normalized spacial score (nSPS) is 16.8. The summed E-state index contributed by atoms with van der Waals surface area (Å²) in [6.07, 6.45) is 0.347. The summed E-state index contributed by atoms with van der Waals surface area (Å²) in [6.45, 7) is 0.0617. The Bertz CT molecular complexity index is 1210. The molecule has 1 atom stereocenters. The maximum atomic E-state index is 13.0. The number of benzene rings is 2. The molecule has 0 bridgehead atoms. The number of rotatable bonds is 8. The molecule has 3 aromatic rings. The molecular formula is C23H23N3O5S2. The van der Waals surface area contributed by atoms with Crippen molar-refractivity contribution in [3.05, 3.63) is 77.3 Å². The van der Waals surface area contributed by atoms with Gasteiger partial charge in [0.1, 0.15) is 0 Å². The molecule has 2 aromatic carbocycles. The first kappa shape index (κ1) is 22.9. The quantitative estimate of drug-likeness (QED) is 0.489. The van der Waals surface area contributed by atoms with Gasteiger partial charge in [0, 0.05) is 17.6 Å². The van der Waals surface area contributed by atoms with Crippen LogP contribution in [0, 0.1) is 0 Å². The van der Waals surface area contributed by atoms with Crippen LogP contribution >= 0.6 is 11.3 Å². The number of nitrogens with one attached hydrogen (secondary N) is 1. The molecule has 33 heavy (non-hydrogen) atoms. The van der Waals surface area contributed by atoms with Gasteiger partial charge in [-0.15, -0.1) is 11.3 Å². The average molecular weight is 486 g/mol. The molecular weight excluding hydrogens is 462 g/mol. The molecule has 172 valence electrons. The third-order valence-electron chi connectivity index (χ3n) is 5.20. The maximum Gasteiger partial charge on any atom is 0.358 e. The van der Waals surface area contributed by atoms with Crippen molar-refractivity contribution in [2.24, 2.45) is 0 Å². The van der Waals surface area contributed by atoms with Gasteiger partial charge in [0.2, 0.25) is 0 Å². The van der Waals surface area contributed by atoms with Gasteiger partial charge in [0.25, 0.3) is 5.91 Å². The highest BCUT2D eigenvalue weighted by molar-refractivity contribution is 7.91. The predicted octanol–water partition coefficient (Wildman–Crippen LogP) is 3.13. The standard InChI is InChI=1S/C23H23N3O5S2/c27-21(26(18-9-5-2-6-10-18)19-11-12-33(29,30)16-19)14-31-22(28)20-15-32-23(25-20)24-13-17-7-3-1-4-8-17/h1-10,15,19H,11-14,16H2,(H,24,25). The largest absolute Gasteiger partial charge is 0.451 e. The lowest BCUT2D eigenvalue weighted by Crippen LogP contribution is -2.43. The SMILES string of the molecule is O=C(OCC(=O)N(c1ccccc1)C1CCS(=O)(=O)C1)c1csc(NCc2ccccc2)n1. The minimum atomic E-state index is -3.20. The number of nitrogens with zero attached hydrogens (tertiary/aromatic N) is 2. The number of anilines is 2. The van der Waals surface area contributed by atoms with E-state index in [-0.39, 0.29) is 17.2 Å². The summed E-state index contributed by atoms with van der Waals surface area (Å²) in [5, 5.41) is 5.29. The molecule has 1 N–H and O–H groups in total. The van der Waals surface area contributed by atoms with Crippen LogP contribution in [0.2, 0.25) is 0 Å². The number of para-hydroxylation sites is 1. The number of aromatic nitrogens is 1. The third-order valence-corrected chi connectivity index (χ3v) is 7.75. The van der Waals surface area contributed by atoms with Crippen LogP contribution in [0.15, 0.2) is 66.0 Å². The Kier molecular flexibility index (Phi) is 7.05. The summed E-state index contributed by atoms with van der Waals surface area (Å²) in [6, 6.07) is 18.1. The van der Waals surface area contributed by atoms with E-state index in [4.69, 9.17) is 4.74 Å². The minimum Gasteiger partial charge on any atom is -0.451 e. The summed E-state index contributed by atoms with van der Waals surface area (Å²) in [5.74, 6) is -1.26. The van der Waals surface area contributed by atoms with Gasteiger partial charge in [0.15, 0.2) is 27.3 Å². The second kappa shape index (κ2) is 10.1. The maximum absolute atomic E-state index is 13.0. The number of sulfone groups is 1. The van der Waals surface area contributed by atoms with E-state index in [0.717, 1.165) is 5.56 Å². The molecule has 1 aliphatic heterocycles. The smallest absolute Gasteiger partial charge is 0.358 e. The Balaban J connectivity index is 1.37. The molecule has 8 nitrogen and oxygen atoms in total. The van der Waals surface area contributed by atoms with Crippen molar-refractivity contribution in [3.8, 4) is 0 Å². The summed E-state index contributed by atoms with van der Waals surface area (Å²) in [4.78, 5) is 31.1. The first-order chi connectivity index (χ1) is 15.9. The van der Waals surface area contributed by atoms with E-state index in [2.05, 4.69) is 10.3 Å². The van der Waals surface area contributed by atoms with Crippen molar-refractivity contribution in [1.82, 2.24) is 4.98 Å². The first-order valence-electron chi connectivity index (χ1n) is 10.4. The zero-order chi connectivity index (χ0) is 23.3. The molecule has 1 unspecified atom stereocenters. The topological polar surface area (TPSA) is 106 Å². The van der Waals surface area contributed by atoms with Crippen LogP contribution in [-0.4, -0.2) is 49.4 Å². The monoisotopic (exact) mass is 485 g/mol. The lowest BCUT2D eigenvalue weighted by atomic mass is 10.2. The molecule has 0 radical (unpaired) electrons. The Morgan fingerprint density at radius 3 is 2.45 bits per heavy atom. The number of carbonyl (C=O) groups excluding carboxylic acids is 2. The predicted molar refractivity (Wildman–Crippen MR) is 127 cm³/mol. The molecule has 1 saturated heterocycles. The summed E-state index contributed by atoms with van der Waals surface area (Å²) in [5.41, 5.74) is 1.76. The molecule has 2 heterocycles. The molecule has 0 saturated carbocycles. The van der Waals surface area contributed by atoms with E-state index in [9.17, 15) is 18.0 Å². The zero-order valence-corrected chi connectivity index (χ0v) is 19.3. The van der Waals surface area contributed by atoms with Gasteiger partial charge in [-0.25, -0.2) is 18.2 Å². The zero-order valence-electron chi connectivity index (χ0n) is 17.7. The van der Waals surface area contributed by atoms with Crippen molar-refractivity contribution < 1.29 is 22.7 Å². The summed E-state index contributed by atoms with van der Waals surface area (Å²) in [7, 11) is -3.20. The number of carbonyl (C=O) groups is 2. The number of hydrogen-bond acceptors (Lipinski definition) is 8. The van der Waals surface area contributed by atoms with Crippen molar-refractivity contribution in [1.29, 1.82) is 0 Å². The fourth-order valence-electron chi connectivity index (χ4n) is 3.62. The van der Waals surface area contributed by atoms with Crippen molar-refractivity contribution in [2.75, 3.05) is 28.3 Å². The molecule has 1 aliphatic rings. The minimum absolute atomic E-state index is 0.0334. The van der Waals surface area contributed by atoms with Crippen LogP contribution in [0.4, 0.5) is 10.8 Å². The van der Waals surface area contributed by atoms with E-state index in [1.807, 2.05) is 36.4 Å². The highest BCUT2D eigenvalue weighted by Crippen LogP contribution is 2.25. The van der Waals surface area contributed by atoms with Gasteiger partial charge in [-0.2, -0.15) is 0 Å². The van der Waals surface area contributed by atoms with Crippen LogP contribution in [-0.2, 0) is 25.9 Å². The van der Waals surface area contributed by atoms with Crippen LogP contribution in [0.3, 0.4) is 0 Å². The van der Waals surface area contributed by atoms with Gasteiger partial charge in [0.05, 0.1) is 17.5 Å². The fourth-order valence-corrected chi connectivity index (χ4v) is 6.00. The molecule has 0 spiro atoms. The number of ether oxygens (including phenoxy) is 1. The molecule has 4 rings (SSSR count). The van der Waals surface area contributed by atoms with Gasteiger partial charge < -0.3 is 15.0 Å². The van der Waals surface area contributed by atoms with E-state index in [1.54, 1.807) is 29.6 Å². The van der Waals surface area contributed by atoms with E-state index in [1.165, 1.54) is 16.2 Å².